The summed E-state index contributed by atoms with van der Waals surface area (Å²) in [5.41, 5.74) is 2.16. The van der Waals surface area contributed by atoms with E-state index < -0.39 is 0 Å². The highest BCUT2D eigenvalue weighted by molar-refractivity contribution is 5.94. The molecule has 3 rings (SSSR count). The molecule has 1 aliphatic rings. The van der Waals surface area contributed by atoms with Crippen LogP contribution in [0.25, 0.3) is 0 Å². The van der Waals surface area contributed by atoms with Crippen LogP contribution in [0.1, 0.15) is 34.7 Å². The molecule has 0 spiro atoms. The van der Waals surface area contributed by atoms with E-state index in [2.05, 4.69) is 29.2 Å². The fourth-order valence-corrected chi connectivity index (χ4v) is 2.78. The maximum absolute atomic E-state index is 12.2. The number of aromatic amines is 1. The Hall–Kier alpha value is -2.03. The largest absolute Gasteiger partial charge is 0.367 e. The molecule has 0 unspecified atom stereocenters. The number of carbonyl (C=O) groups excluding carboxylic acids is 1. The van der Waals surface area contributed by atoms with E-state index in [9.17, 15) is 4.79 Å². The summed E-state index contributed by atoms with van der Waals surface area (Å²) >= 11 is 0. The van der Waals surface area contributed by atoms with Gasteiger partial charge in [-0.15, -0.1) is 0 Å². The summed E-state index contributed by atoms with van der Waals surface area (Å²) < 4.78 is 0. The second-order valence-corrected chi connectivity index (χ2v) is 5.08. The van der Waals surface area contributed by atoms with Crippen LogP contribution >= 0.6 is 0 Å². The molecule has 3 heteroatoms. The zero-order valence-electron chi connectivity index (χ0n) is 10.9. The number of hydrogen-bond acceptors (Lipinski definition) is 1. The molecule has 3 nitrogen and oxygen atoms in total. The molecule has 19 heavy (non-hydrogen) atoms. The van der Waals surface area contributed by atoms with Crippen LogP contribution in [-0.4, -0.2) is 28.9 Å². The average molecular weight is 254 g/mol. The normalized spacial score (nSPS) is 16.5. The molecule has 0 saturated carbocycles. The van der Waals surface area contributed by atoms with Crippen LogP contribution in [0.3, 0.4) is 0 Å². The van der Waals surface area contributed by atoms with E-state index in [-0.39, 0.29) is 5.91 Å². The minimum Gasteiger partial charge on any atom is -0.367 e. The van der Waals surface area contributed by atoms with Crippen LogP contribution in [0.15, 0.2) is 48.8 Å². The summed E-state index contributed by atoms with van der Waals surface area (Å²) in [7, 11) is 0. The van der Waals surface area contributed by atoms with Crippen molar-refractivity contribution in [3.8, 4) is 0 Å². The number of nitrogens with zero attached hydrogens (tertiary/aromatic N) is 1. The number of aromatic nitrogens is 1. The van der Waals surface area contributed by atoms with E-state index >= 15 is 0 Å². The zero-order valence-corrected chi connectivity index (χ0v) is 10.9. The zero-order chi connectivity index (χ0) is 13.1. The van der Waals surface area contributed by atoms with Gasteiger partial charge >= 0.3 is 0 Å². The Morgan fingerprint density at radius 1 is 1.11 bits per heavy atom. The molecule has 1 aromatic carbocycles. The van der Waals surface area contributed by atoms with Gasteiger partial charge in [-0.2, -0.15) is 0 Å². The molecule has 0 atom stereocenters. The predicted octanol–water partition coefficient (Wildman–Crippen LogP) is 3.03. The Labute approximate surface area is 113 Å². The highest BCUT2D eigenvalue weighted by atomic mass is 16.2. The van der Waals surface area contributed by atoms with Crippen LogP contribution in [-0.2, 0) is 0 Å². The highest BCUT2D eigenvalue weighted by Gasteiger charge is 2.24. The third kappa shape index (κ3) is 2.55. The first kappa shape index (κ1) is 12.0. The van der Waals surface area contributed by atoms with Gasteiger partial charge in [-0.3, -0.25) is 4.79 Å². The number of nitrogens with one attached hydrogen (secondary N) is 1. The summed E-state index contributed by atoms with van der Waals surface area (Å²) in [6.07, 6.45) is 5.68. The monoisotopic (exact) mass is 254 g/mol. The summed E-state index contributed by atoms with van der Waals surface area (Å²) in [5.74, 6) is 0.740. The van der Waals surface area contributed by atoms with Crippen molar-refractivity contribution in [3.63, 3.8) is 0 Å². The maximum atomic E-state index is 12.2. The molecule has 2 heterocycles. The number of hydrogen-bond donors (Lipinski definition) is 1. The van der Waals surface area contributed by atoms with Crippen LogP contribution in [0.2, 0.25) is 0 Å². The van der Waals surface area contributed by atoms with Crippen molar-refractivity contribution in [2.24, 2.45) is 0 Å². The van der Waals surface area contributed by atoms with E-state index in [1.807, 2.05) is 17.0 Å². The fraction of sp³-hybridized carbons (Fsp3) is 0.312. The summed E-state index contributed by atoms with van der Waals surface area (Å²) in [5, 5.41) is 0. The molecule has 1 amide bonds. The lowest BCUT2D eigenvalue weighted by atomic mass is 9.89. The van der Waals surface area contributed by atoms with E-state index in [1.165, 1.54) is 5.56 Å². The Morgan fingerprint density at radius 2 is 1.84 bits per heavy atom. The number of piperidine rings is 1. The maximum Gasteiger partial charge on any atom is 0.255 e. The minimum absolute atomic E-state index is 0.146. The SMILES string of the molecule is O=C(c1cc[nH]c1)N1CCC(c2ccccc2)CC1. The van der Waals surface area contributed by atoms with Gasteiger partial charge in [-0.1, -0.05) is 30.3 Å². The quantitative estimate of drug-likeness (QED) is 0.878. The van der Waals surface area contributed by atoms with E-state index in [4.69, 9.17) is 0 Å². The molecule has 0 aliphatic carbocycles. The molecule has 1 aromatic heterocycles. The molecular weight excluding hydrogens is 236 g/mol. The van der Waals surface area contributed by atoms with Crippen molar-refractivity contribution < 1.29 is 4.79 Å². The van der Waals surface area contributed by atoms with Crippen molar-refractivity contribution in [3.05, 3.63) is 59.9 Å². The Bertz CT molecular complexity index is 525. The molecule has 0 radical (unpaired) electrons. The van der Waals surface area contributed by atoms with Gasteiger partial charge in [0.25, 0.3) is 5.91 Å². The van der Waals surface area contributed by atoms with Crippen molar-refractivity contribution in [1.82, 2.24) is 9.88 Å². The lowest BCUT2D eigenvalue weighted by Gasteiger charge is -2.32. The standard InChI is InChI=1S/C16H18N2O/c19-16(15-6-9-17-12-15)18-10-7-14(8-11-18)13-4-2-1-3-5-13/h1-6,9,12,14,17H,7-8,10-11H2. The number of carbonyl (C=O) groups is 1. The lowest BCUT2D eigenvalue weighted by molar-refractivity contribution is 0.0713. The first-order valence-electron chi connectivity index (χ1n) is 6.81. The molecule has 0 bridgehead atoms. The van der Waals surface area contributed by atoms with Crippen molar-refractivity contribution >= 4 is 5.91 Å². The van der Waals surface area contributed by atoms with Gasteiger partial charge in [0.1, 0.15) is 0 Å². The third-order valence-electron chi connectivity index (χ3n) is 3.90. The molecule has 1 fully saturated rings. The van der Waals surface area contributed by atoms with Gasteiger partial charge in [-0.05, 0) is 30.4 Å². The summed E-state index contributed by atoms with van der Waals surface area (Å²) in [6.45, 7) is 1.70. The molecular formula is C16H18N2O. The summed E-state index contributed by atoms with van der Waals surface area (Å²) in [4.78, 5) is 17.1. The van der Waals surface area contributed by atoms with Gasteiger partial charge in [0.2, 0.25) is 0 Å². The number of rotatable bonds is 2. The van der Waals surface area contributed by atoms with Crippen LogP contribution in [0.5, 0.6) is 0 Å². The molecule has 1 saturated heterocycles. The van der Waals surface area contributed by atoms with Gasteiger partial charge < -0.3 is 9.88 Å². The fourth-order valence-electron chi connectivity index (χ4n) is 2.78. The van der Waals surface area contributed by atoms with Gasteiger partial charge in [0.15, 0.2) is 0 Å². The Morgan fingerprint density at radius 3 is 2.47 bits per heavy atom. The van der Waals surface area contributed by atoms with E-state index in [0.717, 1.165) is 31.5 Å². The smallest absolute Gasteiger partial charge is 0.255 e. The lowest BCUT2D eigenvalue weighted by Crippen LogP contribution is -2.37. The average Bonchev–Trinajstić information content (AvgIpc) is 3.02. The number of benzene rings is 1. The van der Waals surface area contributed by atoms with Crippen molar-refractivity contribution in [2.75, 3.05) is 13.1 Å². The minimum atomic E-state index is 0.146. The predicted molar refractivity (Wildman–Crippen MR) is 75.1 cm³/mol. The molecule has 98 valence electrons. The second kappa shape index (κ2) is 5.31. The molecule has 2 aromatic rings. The number of amides is 1. The Balaban J connectivity index is 1.62. The third-order valence-corrected chi connectivity index (χ3v) is 3.90. The van der Waals surface area contributed by atoms with E-state index in [1.54, 1.807) is 12.4 Å². The highest BCUT2D eigenvalue weighted by Crippen LogP contribution is 2.28. The van der Waals surface area contributed by atoms with E-state index in [0.29, 0.717) is 5.92 Å². The van der Waals surface area contributed by atoms with Crippen molar-refractivity contribution in [1.29, 1.82) is 0 Å². The molecule has 1 aliphatic heterocycles. The van der Waals surface area contributed by atoms with Crippen LogP contribution in [0, 0.1) is 0 Å². The first-order valence-corrected chi connectivity index (χ1v) is 6.81. The van der Waals surface area contributed by atoms with Gasteiger partial charge in [0.05, 0.1) is 5.56 Å². The second-order valence-electron chi connectivity index (χ2n) is 5.08. The number of H-pyrrole nitrogens is 1. The van der Waals surface area contributed by atoms with Gasteiger partial charge in [0, 0.05) is 25.5 Å². The molecule has 1 N–H and O–H groups in total. The topological polar surface area (TPSA) is 36.1 Å². The van der Waals surface area contributed by atoms with Crippen LogP contribution < -0.4 is 0 Å². The van der Waals surface area contributed by atoms with Crippen molar-refractivity contribution in [2.45, 2.75) is 18.8 Å². The van der Waals surface area contributed by atoms with Gasteiger partial charge in [-0.25, -0.2) is 0 Å². The Kier molecular flexibility index (Phi) is 3.36. The summed E-state index contributed by atoms with van der Waals surface area (Å²) in [6, 6.07) is 12.4. The van der Waals surface area contributed by atoms with Crippen LogP contribution in [0.4, 0.5) is 0 Å². The number of likely N-dealkylation sites (tertiary alicyclic amines) is 1. The first-order chi connectivity index (χ1) is 9.34.